The molecule has 2 aliphatic carbocycles. The molecule has 104 valence electrons. The number of hydrogen-bond donors (Lipinski definition) is 1. The number of rotatable bonds is 2. The summed E-state index contributed by atoms with van der Waals surface area (Å²) in [7, 11) is 0. The van der Waals surface area contributed by atoms with Crippen molar-refractivity contribution in [3.8, 4) is 0 Å². The van der Waals surface area contributed by atoms with Crippen LogP contribution in [0.15, 0.2) is 18.2 Å². The van der Waals surface area contributed by atoms with Crippen molar-refractivity contribution in [3.05, 3.63) is 29.0 Å². The normalized spacial score (nSPS) is 22.8. The number of para-hydroxylation sites is 1. The summed E-state index contributed by atoms with van der Waals surface area (Å²) in [6.07, 6.45) is 10.5. The van der Waals surface area contributed by atoms with Crippen molar-refractivity contribution < 1.29 is 4.39 Å². The lowest BCUT2D eigenvalue weighted by Gasteiger charge is -2.38. The quantitative estimate of drug-likeness (QED) is 0.766. The first-order chi connectivity index (χ1) is 9.19. The SMILES string of the molecule is Fc1cccc(Cl)c1NC1CCC2(CCCC2)CC1. The van der Waals surface area contributed by atoms with Gasteiger partial charge in [0, 0.05) is 6.04 Å². The van der Waals surface area contributed by atoms with E-state index >= 15 is 0 Å². The van der Waals surface area contributed by atoms with Crippen LogP contribution in [0, 0.1) is 11.2 Å². The minimum Gasteiger partial charge on any atom is -0.379 e. The first-order valence-corrected chi connectivity index (χ1v) is 7.77. The van der Waals surface area contributed by atoms with Gasteiger partial charge in [0.1, 0.15) is 5.82 Å². The van der Waals surface area contributed by atoms with Gasteiger partial charge in [0.2, 0.25) is 0 Å². The monoisotopic (exact) mass is 281 g/mol. The summed E-state index contributed by atoms with van der Waals surface area (Å²) in [5, 5.41) is 3.80. The Balaban J connectivity index is 1.63. The van der Waals surface area contributed by atoms with Gasteiger partial charge in [0.15, 0.2) is 0 Å². The molecule has 3 heteroatoms. The summed E-state index contributed by atoms with van der Waals surface area (Å²) >= 11 is 6.07. The first kappa shape index (κ1) is 13.2. The van der Waals surface area contributed by atoms with Crippen molar-refractivity contribution in [2.75, 3.05) is 5.32 Å². The molecule has 2 aliphatic rings. The molecule has 1 N–H and O–H groups in total. The fraction of sp³-hybridized carbons (Fsp3) is 0.625. The lowest BCUT2D eigenvalue weighted by atomic mass is 9.71. The van der Waals surface area contributed by atoms with Crippen LogP contribution in [0.2, 0.25) is 5.02 Å². The zero-order chi connectivity index (χ0) is 13.3. The summed E-state index contributed by atoms with van der Waals surface area (Å²) in [6.45, 7) is 0. The lowest BCUT2D eigenvalue weighted by Crippen LogP contribution is -2.32. The predicted molar refractivity (Wildman–Crippen MR) is 78.2 cm³/mol. The highest BCUT2D eigenvalue weighted by Crippen LogP contribution is 2.49. The summed E-state index contributed by atoms with van der Waals surface area (Å²) < 4.78 is 13.8. The van der Waals surface area contributed by atoms with Gasteiger partial charge in [-0.1, -0.05) is 30.5 Å². The largest absolute Gasteiger partial charge is 0.379 e. The molecule has 1 aromatic carbocycles. The third-order valence-electron chi connectivity index (χ3n) is 5.02. The minimum atomic E-state index is -0.242. The molecule has 0 aliphatic heterocycles. The van der Waals surface area contributed by atoms with Crippen molar-refractivity contribution in [3.63, 3.8) is 0 Å². The molecule has 1 nitrogen and oxygen atoms in total. The summed E-state index contributed by atoms with van der Waals surface area (Å²) in [5.74, 6) is -0.242. The van der Waals surface area contributed by atoms with E-state index in [1.165, 1.54) is 44.6 Å². The van der Waals surface area contributed by atoms with Crippen LogP contribution in [0.3, 0.4) is 0 Å². The van der Waals surface area contributed by atoms with E-state index in [2.05, 4.69) is 5.32 Å². The number of anilines is 1. The summed E-state index contributed by atoms with van der Waals surface area (Å²) in [4.78, 5) is 0. The Hall–Kier alpha value is -0.760. The topological polar surface area (TPSA) is 12.0 Å². The standard InChI is InChI=1S/C16H21ClFN/c17-13-4-3-5-14(18)15(13)19-12-6-10-16(11-7-12)8-1-2-9-16/h3-5,12,19H,1-2,6-11H2. The minimum absolute atomic E-state index is 0.242. The van der Waals surface area contributed by atoms with Gasteiger partial charge >= 0.3 is 0 Å². The molecule has 1 spiro atoms. The van der Waals surface area contributed by atoms with E-state index in [-0.39, 0.29) is 5.82 Å². The molecule has 0 amide bonds. The molecule has 1 aromatic rings. The second-order valence-electron chi connectivity index (χ2n) is 6.22. The molecule has 2 fully saturated rings. The van der Waals surface area contributed by atoms with E-state index in [1.807, 2.05) is 0 Å². The van der Waals surface area contributed by atoms with Gasteiger partial charge in [-0.2, -0.15) is 0 Å². The fourth-order valence-corrected chi connectivity index (χ4v) is 4.06. The molecule has 2 saturated carbocycles. The molecule has 0 radical (unpaired) electrons. The van der Waals surface area contributed by atoms with Crippen molar-refractivity contribution in [2.24, 2.45) is 5.41 Å². The number of hydrogen-bond acceptors (Lipinski definition) is 1. The number of halogens is 2. The van der Waals surface area contributed by atoms with Gasteiger partial charge in [-0.25, -0.2) is 4.39 Å². The Morgan fingerprint density at radius 1 is 1.11 bits per heavy atom. The van der Waals surface area contributed by atoms with Crippen LogP contribution in [0.1, 0.15) is 51.4 Å². The predicted octanol–water partition coefficient (Wildman–Crippen LogP) is 5.39. The molecule has 0 aromatic heterocycles. The zero-order valence-corrected chi connectivity index (χ0v) is 12.0. The Labute approximate surface area is 119 Å². The van der Waals surface area contributed by atoms with Crippen LogP contribution < -0.4 is 5.32 Å². The maximum absolute atomic E-state index is 13.8. The van der Waals surface area contributed by atoms with E-state index in [0.29, 0.717) is 22.2 Å². The maximum Gasteiger partial charge on any atom is 0.147 e. The summed E-state index contributed by atoms with van der Waals surface area (Å²) in [5.41, 5.74) is 1.11. The van der Waals surface area contributed by atoms with Crippen LogP contribution in [-0.2, 0) is 0 Å². The summed E-state index contributed by atoms with van der Waals surface area (Å²) in [6, 6.07) is 5.24. The highest BCUT2D eigenvalue weighted by atomic mass is 35.5. The highest BCUT2D eigenvalue weighted by molar-refractivity contribution is 6.33. The van der Waals surface area contributed by atoms with E-state index < -0.39 is 0 Å². The maximum atomic E-state index is 13.8. The molecule has 3 rings (SSSR count). The van der Waals surface area contributed by atoms with E-state index in [0.717, 1.165) is 12.8 Å². The Kier molecular flexibility index (Phi) is 3.70. The number of nitrogens with one attached hydrogen (secondary N) is 1. The second kappa shape index (κ2) is 5.32. The average molecular weight is 282 g/mol. The Morgan fingerprint density at radius 3 is 2.42 bits per heavy atom. The van der Waals surface area contributed by atoms with Gasteiger partial charge in [0.05, 0.1) is 10.7 Å². The highest BCUT2D eigenvalue weighted by Gasteiger charge is 2.37. The average Bonchev–Trinajstić information content (AvgIpc) is 2.85. The van der Waals surface area contributed by atoms with Crippen LogP contribution in [0.5, 0.6) is 0 Å². The Morgan fingerprint density at radius 2 is 1.79 bits per heavy atom. The Bertz CT molecular complexity index is 424. The van der Waals surface area contributed by atoms with Gasteiger partial charge in [-0.3, -0.25) is 0 Å². The van der Waals surface area contributed by atoms with Crippen LogP contribution in [0.25, 0.3) is 0 Å². The molecular weight excluding hydrogens is 261 g/mol. The van der Waals surface area contributed by atoms with Gasteiger partial charge in [-0.15, -0.1) is 0 Å². The molecule has 0 bridgehead atoms. The first-order valence-electron chi connectivity index (χ1n) is 7.39. The van der Waals surface area contributed by atoms with Crippen molar-refractivity contribution in [2.45, 2.75) is 57.4 Å². The third-order valence-corrected chi connectivity index (χ3v) is 5.34. The van der Waals surface area contributed by atoms with Gasteiger partial charge < -0.3 is 5.32 Å². The van der Waals surface area contributed by atoms with Crippen molar-refractivity contribution >= 4 is 17.3 Å². The van der Waals surface area contributed by atoms with Crippen molar-refractivity contribution in [1.29, 1.82) is 0 Å². The van der Waals surface area contributed by atoms with Gasteiger partial charge in [0.25, 0.3) is 0 Å². The van der Waals surface area contributed by atoms with Crippen LogP contribution in [-0.4, -0.2) is 6.04 Å². The van der Waals surface area contributed by atoms with E-state index in [1.54, 1.807) is 12.1 Å². The molecule has 0 unspecified atom stereocenters. The molecule has 0 atom stereocenters. The molecule has 0 saturated heterocycles. The molecule has 19 heavy (non-hydrogen) atoms. The lowest BCUT2D eigenvalue weighted by molar-refractivity contribution is 0.188. The van der Waals surface area contributed by atoms with E-state index in [9.17, 15) is 4.39 Å². The van der Waals surface area contributed by atoms with Crippen molar-refractivity contribution in [1.82, 2.24) is 0 Å². The van der Waals surface area contributed by atoms with E-state index in [4.69, 9.17) is 11.6 Å². The fourth-order valence-electron chi connectivity index (χ4n) is 3.84. The smallest absolute Gasteiger partial charge is 0.147 e. The van der Waals surface area contributed by atoms with Gasteiger partial charge in [-0.05, 0) is 56.1 Å². The zero-order valence-electron chi connectivity index (χ0n) is 11.2. The van der Waals surface area contributed by atoms with Crippen LogP contribution in [0.4, 0.5) is 10.1 Å². The third kappa shape index (κ3) is 2.74. The van der Waals surface area contributed by atoms with Crippen LogP contribution >= 0.6 is 11.6 Å². The molecule has 0 heterocycles. The second-order valence-corrected chi connectivity index (χ2v) is 6.63. The molecular formula is C16H21ClFN. The number of benzene rings is 1.